The van der Waals surface area contributed by atoms with E-state index >= 15 is 0 Å². The molecule has 0 amide bonds. The lowest BCUT2D eigenvalue weighted by Crippen LogP contribution is -2.44. The van der Waals surface area contributed by atoms with Gasteiger partial charge in [0.1, 0.15) is 0 Å². The van der Waals surface area contributed by atoms with Gasteiger partial charge in [0.05, 0.1) is 0 Å². The smallest absolute Gasteiger partial charge is 0.0374 e. The quantitative estimate of drug-likeness (QED) is 0.884. The predicted molar refractivity (Wildman–Crippen MR) is 91.6 cm³/mol. The van der Waals surface area contributed by atoms with Gasteiger partial charge in [0.25, 0.3) is 0 Å². The summed E-state index contributed by atoms with van der Waals surface area (Å²) in [7, 11) is 4.31. The van der Waals surface area contributed by atoms with Gasteiger partial charge in [-0.3, -0.25) is 0 Å². The lowest BCUT2D eigenvalue weighted by Gasteiger charge is -2.42. The molecule has 2 heteroatoms. The molecule has 1 aliphatic carbocycles. The van der Waals surface area contributed by atoms with Gasteiger partial charge in [0.2, 0.25) is 0 Å². The summed E-state index contributed by atoms with van der Waals surface area (Å²) < 4.78 is 0. The van der Waals surface area contributed by atoms with Crippen LogP contribution in [0.4, 0.5) is 0 Å². The third kappa shape index (κ3) is 4.08. The molecule has 0 bridgehead atoms. The summed E-state index contributed by atoms with van der Waals surface area (Å²) >= 11 is 0. The Hall–Kier alpha value is -0.860. The molecule has 0 saturated carbocycles. The fourth-order valence-electron chi connectivity index (χ4n) is 3.74. The van der Waals surface area contributed by atoms with Crippen LogP contribution in [0, 0.1) is 10.8 Å². The van der Waals surface area contributed by atoms with E-state index in [0.29, 0.717) is 11.5 Å². The highest BCUT2D eigenvalue weighted by Gasteiger charge is 2.36. The van der Waals surface area contributed by atoms with Gasteiger partial charge in [-0.15, -0.1) is 0 Å². The molecule has 1 unspecified atom stereocenters. The molecule has 1 N–H and O–H groups in total. The lowest BCUT2D eigenvalue weighted by atomic mass is 9.70. The van der Waals surface area contributed by atoms with Crippen molar-refractivity contribution < 1.29 is 0 Å². The molecule has 0 radical (unpaired) electrons. The Morgan fingerprint density at radius 3 is 2.57 bits per heavy atom. The Labute approximate surface area is 130 Å². The van der Waals surface area contributed by atoms with Gasteiger partial charge in [-0.25, -0.2) is 0 Å². The average Bonchev–Trinajstić information content (AvgIpc) is 2.35. The molecule has 118 valence electrons. The van der Waals surface area contributed by atoms with Crippen LogP contribution in [0.15, 0.2) is 24.3 Å². The third-order valence-corrected chi connectivity index (χ3v) is 4.72. The molecule has 0 spiro atoms. The molecule has 1 aromatic carbocycles. The normalized spacial score (nSPS) is 21.4. The van der Waals surface area contributed by atoms with Crippen LogP contribution < -0.4 is 5.32 Å². The summed E-state index contributed by atoms with van der Waals surface area (Å²) in [5.74, 6) is 0. The fourth-order valence-corrected chi connectivity index (χ4v) is 3.74. The summed E-state index contributed by atoms with van der Waals surface area (Å²) in [6, 6.07) is 9.42. The molecule has 1 atom stereocenters. The molecular formula is C19H32N2. The van der Waals surface area contributed by atoms with Crippen LogP contribution in [0.25, 0.3) is 0 Å². The second-order valence-electron chi connectivity index (χ2n) is 8.40. The van der Waals surface area contributed by atoms with Crippen molar-refractivity contribution in [2.75, 3.05) is 27.2 Å². The minimum atomic E-state index is 0.284. The Bertz CT molecular complexity index is 474. The number of hydrogen-bond donors (Lipinski definition) is 1. The van der Waals surface area contributed by atoms with Crippen LogP contribution in [0.2, 0.25) is 0 Å². The van der Waals surface area contributed by atoms with Gasteiger partial charge < -0.3 is 10.2 Å². The van der Waals surface area contributed by atoms with Gasteiger partial charge in [0, 0.05) is 19.1 Å². The second kappa shape index (κ2) is 6.10. The topological polar surface area (TPSA) is 15.3 Å². The van der Waals surface area contributed by atoms with E-state index in [1.807, 2.05) is 0 Å². The Kier molecular flexibility index (Phi) is 4.79. The van der Waals surface area contributed by atoms with Crippen molar-refractivity contribution in [3.8, 4) is 0 Å². The highest BCUT2D eigenvalue weighted by molar-refractivity contribution is 5.34. The largest absolute Gasteiger partial charge is 0.309 e. The molecule has 1 aromatic rings. The van der Waals surface area contributed by atoms with Crippen molar-refractivity contribution in [2.24, 2.45) is 10.8 Å². The standard InChI is InChI=1S/C19H32N2/c1-18(2,14-21(5)6)13-20-17-16-10-8-7-9-15(16)11-12-19(17,3)4/h7-10,17,20H,11-14H2,1-6H3. The molecule has 0 aromatic heterocycles. The summed E-state index contributed by atoms with van der Waals surface area (Å²) in [6.45, 7) is 11.7. The second-order valence-corrected chi connectivity index (χ2v) is 8.40. The summed E-state index contributed by atoms with van der Waals surface area (Å²) in [5.41, 5.74) is 3.64. The number of nitrogens with zero attached hydrogens (tertiary/aromatic N) is 1. The first-order valence-electron chi connectivity index (χ1n) is 8.17. The first-order chi connectivity index (χ1) is 9.71. The number of rotatable bonds is 5. The zero-order chi connectivity index (χ0) is 15.7. The van der Waals surface area contributed by atoms with Crippen LogP contribution in [0.3, 0.4) is 0 Å². The average molecular weight is 288 g/mol. The summed E-state index contributed by atoms with van der Waals surface area (Å²) in [5, 5.41) is 3.89. The molecular weight excluding hydrogens is 256 g/mol. The maximum Gasteiger partial charge on any atom is 0.0374 e. The SMILES string of the molecule is CN(C)CC(C)(C)CNC1c2ccccc2CCC1(C)C. The van der Waals surface area contributed by atoms with Gasteiger partial charge >= 0.3 is 0 Å². The number of hydrogen-bond acceptors (Lipinski definition) is 2. The van der Waals surface area contributed by atoms with Crippen molar-refractivity contribution in [3.63, 3.8) is 0 Å². The van der Waals surface area contributed by atoms with Crippen LogP contribution in [0.5, 0.6) is 0 Å². The molecule has 0 saturated heterocycles. The van der Waals surface area contributed by atoms with Crippen LogP contribution in [0.1, 0.15) is 51.3 Å². The minimum Gasteiger partial charge on any atom is -0.309 e. The molecule has 0 heterocycles. The highest BCUT2D eigenvalue weighted by atomic mass is 15.1. The maximum atomic E-state index is 3.89. The van der Waals surface area contributed by atoms with E-state index in [2.05, 4.69) is 76.3 Å². The molecule has 0 fully saturated rings. The van der Waals surface area contributed by atoms with E-state index in [0.717, 1.165) is 13.1 Å². The Morgan fingerprint density at radius 1 is 1.24 bits per heavy atom. The van der Waals surface area contributed by atoms with E-state index in [9.17, 15) is 0 Å². The third-order valence-electron chi connectivity index (χ3n) is 4.72. The molecule has 21 heavy (non-hydrogen) atoms. The van der Waals surface area contributed by atoms with E-state index in [1.54, 1.807) is 0 Å². The van der Waals surface area contributed by atoms with Crippen LogP contribution in [-0.2, 0) is 6.42 Å². The van der Waals surface area contributed by atoms with Gasteiger partial charge in [0.15, 0.2) is 0 Å². The van der Waals surface area contributed by atoms with Crippen molar-refractivity contribution in [1.29, 1.82) is 0 Å². The molecule has 2 rings (SSSR count). The zero-order valence-corrected chi connectivity index (χ0v) is 14.7. The Morgan fingerprint density at radius 2 is 1.90 bits per heavy atom. The van der Waals surface area contributed by atoms with Crippen molar-refractivity contribution in [2.45, 2.75) is 46.6 Å². The highest BCUT2D eigenvalue weighted by Crippen LogP contribution is 2.43. The summed E-state index contributed by atoms with van der Waals surface area (Å²) in [4.78, 5) is 2.28. The number of aryl methyl sites for hydroxylation is 1. The Balaban J connectivity index is 2.14. The monoisotopic (exact) mass is 288 g/mol. The van der Waals surface area contributed by atoms with E-state index < -0.39 is 0 Å². The van der Waals surface area contributed by atoms with Crippen molar-refractivity contribution >= 4 is 0 Å². The van der Waals surface area contributed by atoms with Gasteiger partial charge in [-0.2, -0.15) is 0 Å². The minimum absolute atomic E-state index is 0.284. The first-order valence-corrected chi connectivity index (χ1v) is 8.17. The fraction of sp³-hybridized carbons (Fsp3) is 0.684. The van der Waals surface area contributed by atoms with Crippen LogP contribution >= 0.6 is 0 Å². The first kappa shape index (κ1) is 16.5. The van der Waals surface area contributed by atoms with E-state index in [-0.39, 0.29) is 5.41 Å². The van der Waals surface area contributed by atoms with Crippen molar-refractivity contribution in [1.82, 2.24) is 10.2 Å². The number of fused-ring (bicyclic) bond motifs is 1. The molecule has 0 aliphatic heterocycles. The zero-order valence-electron chi connectivity index (χ0n) is 14.7. The molecule has 1 aliphatic rings. The van der Waals surface area contributed by atoms with Crippen molar-refractivity contribution in [3.05, 3.63) is 35.4 Å². The van der Waals surface area contributed by atoms with E-state index in [1.165, 1.54) is 24.0 Å². The predicted octanol–water partition coefficient (Wildman–Crippen LogP) is 3.88. The maximum absolute atomic E-state index is 3.89. The van der Waals surface area contributed by atoms with Gasteiger partial charge in [-0.1, -0.05) is 52.0 Å². The van der Waals surface area contributed by atoms with Gasteiger partial charge in [-0.05, 0) is 48.9 Å². The number of nitrogens with one attached hydrogen (secondary N) is 1. The summed E-state index contributed by atoms with van der Waals surface area (Å²) in [6.07, 6.45) is 2.47. The lowest BCUT2D eigenvalue weighted by molar-refractivity contribution is 0.169. The van der Waals surface area contributed by atoms with E-state index in [4.69, 9.17) is 0 Å². The molecule has 2 nitrogen and oxygen atoms in total. The number of benzene rings is 1. The van der Waals surface area contributed by atoms with Crippen LogP contribution in [-0.4, -0.2) is 32.1 Å².